The average Bonchev–Trinajstić information content (AvgIpc) is 2.98. The molecule has 2 fully saturated rings. The number of hydrogen-bond donors (Lipinski definition) is 1. The van der Waals surface area contributed by atoms with Crippen molar-refractivity contribution in [3.63, 3.8) is 0 Å². The van der Waals surface area contributed by atoms with E-state index in [-0.39, 0.29) is 5.82 Å². The van der Waals surface area contributed by atoms with Gasteiger partial charge in [0.15, 0.2) is 0 Å². The highest BCUT2D eigenvalue weighted by Gasteiger charge is 2.38. The van der Waals surface area contributed by atoms with E-state index in [4.69, 9.17) is 0 Å². The molecule has 98 valence electrons. The highest BCUT2D eigenvalue weighted by atomic mass is 19.1. The van der Waals surface area contributed by atoms with E-state index >= 15 is 0 Å². The summed E-state index contributed by atoms with van der Waals surface area (Å²) in [6, 6.07) is 5.93. The van der Waals surface area contributed by atoms with Crippen LogP contribution in [0.5, 0.6) is 0 Å². The minimum atomic E-state index is -0.129. The first kappa shape index (κ1) is 12.0. The number of nitrogens with one attached hydrogen (secondary N) is 1. The second-order valence-corrected chi connectivity index (χ2v) is 5.54. The van der Waals surface area contributed by atoms with Crippen LogP contribution in [-0.2, 0) is 6.54 Å². The lowest BCUT2D eigenvalue weighted by Gasteiger charge is -2.31. The summed E-state index contributed by atoms with van der Waals surface area (Å²) in [4.78, 5) is 2.50. The first-order valence-corrected chi connectivity index (χ1v) is 7.03. The Hall–Kier alpha value is -1.09. The highest BCUT2D eigenvalue weighted by Crippen LogP contribution is 2.41. The molecule has 1 N–H and O–H groups in total. The van der Waals surface area contributed by atoms with E-state index in [0.717, 1.165) is 31.1 Å². The van der Waals surface area contributed by atoms with Crippen LogP contribution in [0.4, 0.5) is 10.1 Å². The van der Waals surface area contributed by atoms with E-state index in [9.17, 15) is 4.39 Å². The zero-order valence-corrected chi connectivity index (χ0v) is 11.0. The van der Waals surface area contributed by atoms with Crippen molar-refractivity contribution in [2.24, 2.45) is 5.92 Å². The van der Waals surface area contributed by atoms with Gasteiger partial charge in [0.05, 0.1) is 0 Å². The van der Waals surface area contributed by atoms with E-state index in [1.807, 2.05) is 6.07 Å². The quantitative estimate of drug-likeness (QED) is 0.881. The van der Waals surface area contributed by atoms with E-state index in [1.54, 1.807) is 12.1 Å². The monoisotopic (exact) mass is 248 g/mol. The van der Waals surface area contributed by atoms with Gasteiger partial charge in [0.2, 0.25) is 0 Å². The summed E-state index contributed by atoms with van der Waals surface area (Å²) in [5, 5.41) is 3.31. The van der Waals surface area contributed by atoms with Gasteiger partial charge in [-0.15, -0.1) is 0 Å². The fourth-order valence-electron chi connectivity index (χ4n) is 3.46. The molecule has 0 amide bonds. The largest absolute Gasteiger partial charge is 0.368 e. The van der Waals surface area contributed by atoms with Crippen molar-refractivity contribution >= 4 is 5.69 Å². The van der Waals surface area contributed by atoms with Crippen molar-refractivity contribution in [2.75, 3.05) is 18.0 Å². The molecule has 1 saturated carbocycles. The van der Waals surface area contributed by atoms with Crippen molar-refractivity contribution in [1.82, 2.24) is 5.32 Å². The first-order valence-electron chi connectivity index (χ1n) is 7.03. The van der Waals surface area contributed by atoms with Crippen molar-refractivity contribution in [1.29, 1.82) is 0 Å². The summed E-state index contributed by atoms with van der Waals surface area (Å²) >= 11 is 0. The lowest BCUT2D eigenvalue weighted by molar-refractivity contribution is 0.550. The molecule has 0 spiro atoms. The van der Waals surface area contributed by atoms with Crippen LogP contribution in [0.25, 0.3) is 0 Å². The number of halogens is 1. The van der Waals surface area contributed by atoms with Crippen molar-refractivity contribution in [3.05, 3.63) is 29.6 Å². The molecule has 1 heterocycles. The van der Waals surface area contributed by atoms with Gasteiger partial charge in [-0.05, 0) is 55.5 Å². The van der Waals surface area contributed by atoms with Gasteiger partial charge < -0.3 is 10.2 Å². The molecule has 1 aliphatic heterocycles. The third kappa shape index (κ3) is 2.12. The molecule has 3 heteroatoms. The van der Waals surface area contributed by atoms with E-state index < -0.39 is 0 Å². The van der Waals surface area contributed by atoms with E-state index in [0.29, 0.717) is 6.04 Å². The van der Waals surface area contributed by atoms with Crippen molar-refractivity contribution in [2.45, 2.75) is 38.8 Å². The topological polar surface area (TPSA) is 15.3 Å². The van der Waals surface area contributed by atoms with Gasteiger partial charge >= 0.3 is 0 Å². The second kappa shape index (κ2) is 4.88. The average molecular weight is 248 g/mol. The van der Waals surface area contributed by atoms with Crippen LogP contribution in [0, 0.1) is 11.7 Å². The fourth-order valence-corrected chi connectivity index (χ4v) is 3.46. The molecule has 2 nitrogen and oxygen atoms in total. The van der Waals surface area contributed by atoms with Crippen LogP contribution >= 0.6 is 0 Å². The maximum absolute atomic E-state index is 13.4. The van der Waals surface area contributed by atoms with Gasteiger partial charge in [0.1, 0.15) is 5.82 Å². The van der Waals surface area contributed by atoms with Gasteiger partial charge in [0.25, 0.3) is 0 Å². The third-order valence-electron chi connectivity index (χ3n) is 4.33. The zero-order valence-electron chi connectivity index (χ0n) is 11.0. The number of piperidine rings is 1. The Labute approximate surface area is 108 Å². The lowest BCUT2D eigenvalue weighted by Crippen LogP contribution is -2.33. The highest BCUT2D eigenvalue weighted by molar-refractivity contribution is 5.56. The summed E-state index contributed by atoms with van der Waals surface area (Å²) < 4.78 is 13.4. The van der Waals surface area contributed by atoms with Crippen molar-refractivity contribution < 1.29 is 4.39 Å². The van der Waals surface area contributed by atoms with E-state index in [2.05, 4.69) is 17.1 Å². The molecule has 0 aromatic heterocycles. The Kier molecular flexibility index (Phi) is 3.25. The molecule has 2 unspecified atom stereocenters. The molecule has 2 bridgehead atoms. The summed E-state index contributed by atoms with van der Waals surface area (Å²) in [5.74, 6) is 0.739. The Morgan fingerprint density at radius 2 is 2.28 bits per heavy atom. The Balaban J connectivity index is 1.86. The number of benzene rings is 1. The molecular weight excluding hydrogens is 227 g/mol. The Morgan fingerprint density at radius 3 is 2.94 bits per heavy atom. The van der Waals surface area contributed by atoms with Crippen LogP contribution in [0.2, 0.25) is 0 Å². The molecule has 0 radical (unpaired) electrons. The maximum atomic E-state index is 13.4. The smallest absolute Gasteiger partial charge is 0.123 e. The molecule has 2 aliphatic rings. The fraction of sp³-hybridized carbons (Fsp3) is 0.600. The maximum Gasteiger partial charge on any atom is 0.123 e. The van der Waals surface area contributed by atoms with Gasteiger partial charge in [0, 0.05) is 24.8 Å². The minimum Gasteiger partial charge on any atom is -0.368 e. The van der Waals surface area contributed by atoms with Gasteiger partial charge in [-0.3, -0.25) is 0 Å². The molecule has 1 aromatic carbocycles. The minimum absolute atomic E-state index is 0.129. The van der Waals surface area contributed by atoms with Crippen LogP contribution < -0.4 is 10.2 Å². The zero-order chi connectivity index (χ0) is 12.5. The first-order chi connectivity index (χ1) is 8.78. The number of fused-ring (bicyclic) bond motifs is 2. The SMILES string of the molecule is CCNCc1cc(F)ccc1N1CC2CCC1C2. The van der Waals surface area contributed by atoms with Gasteiger partial charge in [-0.25, -0.2) is 4.39 Å². The van der Waals surface area contributed by atoms with Crippen LogP contribution in [0.15, 0.2) is 18.2 Å². The van der Waals surface area contributed by atoms with Gasteiger partial charge in [-0.2, -0.15) is 0 Å². The number of anilines is 1. The second-order valence-electron chi connectivity index (χ2n) is 5.54. The van der Waals surface area contributed by atoms with E-state index in [1.165, 1.54) is 24.9 Å². The number of rotatable bonds is 4. The third-order valence-corrected chi connectivity index (χ3v) is 4.33. The molecule has 18 heavy (non-hydrogen) atoms. The van der Waals surface area contributed by atoms with Crippen LogP contribution in [0.1, 0.15) is 31.7 Å². The van der Waals surface area contributed by atoms with Crippen LogP contribution in [-0.4, -0.2) is 19.1 Å². The molecule has 1 aliphatic carbocycles. The summed E-state index contributed by atoms with van der Waals surface area (Å²) in [6.07, 6.45) is 4.02. The molecule has 2 atom stereocenters. The van der Waals surface area contributed by atoms with Gasteiger partial charge in [-0.1, -0.05) is 6.92 Å². The van der Waals surface area contributed by atoms with Crippen molar-refractivity contribution in [3.8, 4) is 0 Å². The Morgan fingerprint density at radius 1 is 1.39 bits per heavy atom. The molecule has 1 saturated heterocycles. The summed E-state index contributed by atoms with van der Waals surface area (Å²) in [5.41, 5.74) is 2.34. The molecule has 3 rings (SSSR count). The number of hydrogen-bond acceptors (Lipinski definition) is 2. The van der Waals surface area contributed by atoms with Crippen LogP contribution in [0.3, 0.4) is 0 Å². The molecular formula is C15H21FN2. The standard InChI is InChI=1S/C15H21FN2/c1-2-17-9-12-8-13(16)4-6-15(12)18-10-11-3-5-14(18)7-11/h4,6,8,11,14,17H,2-3,5,7,9-10H2,1H3. The summed E-state index contributed by atoms with van der Waals surface area (Å²) in [7, 11) is 0. The predicted molar refractivity (Wildman–Crippen MR) is 72.3 cm³/mol. The summed E-state index contributed by atoms with van der Waals surface area (Å²) in [6.45, 7) is 4.92. The normalized spacial score (nSPS) is 26.0. The molecule has 1 aromatic rings. The lowest BCUT2D eigenvalue weighted by atomic mass is 10.1. The predicted octanol–water partition coefficient (Wildman–Crippen LogP) is 2.92. The number of nitrogens with zero attached hydrogens (tertiary/aromatic N) is 1. The Bertz CT molecular complexity index is 433.